The first kappa shape index (κ1) is 16.7. The van der Waals surface area contributed by atoms with Crippen molar-refractivity contribution in [3.05, 3.63) is 50.9 Å². The van der Waals surface area contributed by atoms with Crippen molar-refractivity contribution in [2.45, 2.75) is 20.8 Å². The number of anilines is 4. The maximum Gasteiger partial charge on any atom is 0.354 e. The van der Waals surface area contributed by atoms with E-state index in [1.807, 2.05) is 26.8 Å². The lowest BCUT2D eigenvalue weighted by Crippen LogP contribution is -2.06. The van der Waals surface area contributed by atoms with E-state index in [0.717, 1.165) is 16.3 Å². The molecule has 0 atom stereocenters. The summed E-state index contributed by atoms with van der Waals surface area (Å²) in [5, 5.41) is 17.9. The molecule has 3 heterocycles. The van der Waals surface area contributed by atoms with Gasteiger partial charge in [-0.15, -0.1) is 11.3 Å². The van der Waals surface area contributed by atoms with Gasteiger partial charge in [0, 0.05) is 10.6 Å². The average molecular weight is 357 g/mol. The molecule has 0 fully saturated rings. The Morgan fingerprint density at radius 1 is 1.08 bits per heavy atom. The second-order valence-electron chi connectivity index (χ2n) is 5.25. The minimum atomic E-state index is -0.534. The summed E-state index contributed by atoms with van der Waals surface area (Å²) in [4.78, 5) is 28.6. The number of pyridine rings is 1. The molecule has 0 bridgehead atoms. The summed E-state index contributed by atoms with van der Waals surface area (Å²) >= 11 is 1.40. The van der Waals surface area contributed by atoms with Gasteiger partial charge in [0.15, 0.2) is 5.13 Å². The molecular weight excluding hydrogens is 342 g/mol. The lowest BCUT2D eigenvalue weighted by molar-refractivity contribution is -0.383. The van der Waals surface area contributed by atoms with Crippen molar-refractivity contribution in [3.8, 4) is 0 Å². The van der Waals surface area contributed by atoms with E-state index in [1.165, 1.54) is 17.7 Å². The van der Waals surface area contributed by atoms with Gasteiger partial charge in [-0.05, 0) is 32.9 Å². The van der Waals surface area contributed by atoms with Gasteiger partial charge in [-0.3, -0.25) is 10.1 Å². The van der Waals surface area contributed by atoms with Crippen LogP contribution in [0.3, 0.4) is 0 Å². The zero-order valence-corrected chi connectivity index (χ0v) is 14.6. The van der Waals surface area contributed by atoms with Crippen molar-refractivity contribution in [1.82, 2.24) is 19.9 Å². The fraction of sp³-hybridized carbons (Fsp3) is 0.200. The van der Waals surface area contributed by atoms with Crippen LogP contribution in [-0.2, 0) is 0 Å². The fourth-order valence-corrected chi connectivity index (χ4v) is 2.91. The van der Waals surface area contributed by atoms with Gasteiger partial charge in [0.2, 0.25) is 11.6 Å². The third-order valence-corrected chi connectivity index (χ3v) is 4.38. The van der Waals surface area contributed by atoms with E-state index in [-0.39, 0.29) is 17.3 Å². The zero-order valence-electron chi connectivity index (χ0n) is 13.8. The highest BCUT2D eigenvalue weighted by Gasteiger charge is 2.24. The number of thiazole rings is 1. The molecule has 3 aromatic rings. The molecule has 0 aliphatic carbocycles. The first-order valence-corrected chi connectivity index (χ1v) is 8.17. The van der Waals surface area contributed by atoms with Gasteiger partial charge in [0.1, 0.15) is 12.1 Å². The van der Waals surface area contributed by atoms with E-state index in [1.54, 1.807) is 12.1 Å². The van der Waals surface area contributed by atoms with Gasteiger partial charge in [-0.1, -0.05) is 6.07 Å². The molecule has 0 saturated carbocycles. The van der Waals surface area contributed by atoms with Gasteiger partial charge in [-0.2, -0.15) is 0 Å². The van der Waals surface area contributed by atoms with Gasteiger partial charge >= 0.3 is 5.69 Å². The summed E-state index contributed by atoms with van der Waals surface area (Å²) in [6, 6.07) is 5.34. The Hall–Kier alpha value is -3.14. The molecule has 10 heteroatoms. The van der Waals surface area contributed by atoms with Crippen LogP contribution in [0.2, 0.25) is 0 Å². The van der Waals surface area contributed by atoms with Crippen LogP contribution < -0.4 is 10.6 Å². The minimum absolute atomic E-state index is 0.0607. The number of nitrogens with zero attached hydrogens (tertiary/aromatic N) is 5. The van der Waals surface area contributed by atoms with E-state index in [9.17, 15) is 10.1 Å². The Morgan fingerprint density at radius 3 is 2.40 bits per heavy atom. The summed E-state index contributed by atoms with van der Waals surface area (Å²) in [7, 11) is 0. The van der Waals surface area contributed by atoms with E-state index in [4.69, 9.17) is 0 Å². The van der Waals surface area contributed by atoms with E-state index in [2.05, 4.69) is 30.6 Å². The molecule has 25 heavy (non-hydrogen) atoms. The Kier molecular flexibility index (Phi) is 4.52. The van der Waals surface area contributed by atoms with Crippen LogP contribution in [0.5, 0.6) is 0 Å². The molecule has 3 rings (SSSR count). The largest absolute Gasteiger partial charge is 0.354 e. The quantitative estimate of drug-likeness (QED) is 0.524. The Morgan fingerprint density at radius 2 is 1.80 bits per heavy atom. The van der Waals surface area contributed by atoms with Gasteiger partial charge in [0.25, 0.3) is 0 Å². The number of aryl methyl sites for hydroxylation is 3. The van der Waals surface area contributed by atoms with Crippen LogP contribution in [0.4, 0.5) is 28.3 Å². The SMILES string of the molecule is Cc1cccc(Nc2ncnc(Nc3nc(C)c(C)s3)c2[N+](=O)[O-])n1. The minimum Gasteiger partial charge on any atom is -0.319 e. The molecule has 0 aliphatic rings. The Bertz CT molecular complexity index is 922. The maximum atomic E-state index is 11.6. The highest BCUT2D eigenvalue weighted by Crippen LogP contribution is 2.34. The summed E-state index contributed by atoms with van der Waals surface area (Å²) in [6.45, 7) is 5.64. The van der Waals surface area contributed by atoms with Crippen molar-refractivity contribution in [2.75, 3.05) is 10.6 Å². The topological polar surface area (TPSA) is 119 Å². The molecule has 0 unspecified atom stereocenters. The van der Waals surface area contributed by atoms with Crippen LogP contribution >= 0.6 is 11.3 Å². The normalized spacial score (nSPS) is 10.5. The second-order valence-corrected chi connectivity index (χ2v) is 6.45. The molecule has 0 amide bonds. The number of nitro groups is 1. The van der Waals surface area contributed by atoms with Crippen LogP contribution in [0.1, 0.15) is 16.3 Å². The maximum absolute atomic E-state index is 11.6. The molecule has 2 N–H and O–H groups in total. The van der Waals surface area contributed by atoms with Crippen LogP contribution in [0, 0.1) is 30.9 Å². The van der Waals surface area contributed by atoms with Crippen LogP contribution in [-0.4, -0.2) is 24.9 Å². The Balaban J connectivity index is 1.97. The summed E-state index contributed by atoms with van der Waals surface area (Å²) < 4.78 is 0. The number of rotatable bonds is 5. The number of hydrogen-bond acceptors (Lipinski definition) is 9. The first-order chi connectivity index (χ1) is 11.9. The lowest BCUT2D eigenvalue weighted by atomic mass is 10.3. The van der Waals surface area contributed by atoms with Gasteiger partial charge < -0.3 is 10.6 Å². The summed E-state index contributed by atoms with van der Waals surface area (Å²) in [5.41, 5.74) is 1.39. The highest BCUT2D eigenvalue weighted by molar-refractivity contribution is 7.15. The highest BCUT2D eigenvalue weighted by atomic mass is 32.1. The predicted octanol–water partition coefficient (Wildman–Crippen LogP) is 3.65. The Labute approximate surface area is 147 Å². The number of nitrogens with one attached hydrogen (secondary N) is 2. The lowest BCUT2D eigenvalue weighted by Gasteiger charge is -2.08. The summed E-state index contributed by atoms with van der Waals surface area (Å²) in [6.07, 6.45) is 1.25. The molecule has 0 radical (unpaired) electrons. The van der Waals surface area contributed by atoms with Gasteiger partial charge in [-0.25, -0.2) is 19.9 Å². The molecule has 9 nitrogen and oxygen atoms in total. The third-order valence-electron chi connectivity index (χ3n) is 3.39. The molecule has 0 spiro atoms. The second kappa shape index (κ2) is 6.77. The van der Waals surface area contributed by atoms with Crippen molar-refractivity contribution < 1.29 is 4.92 Å². The van der Waals surface area contributed by atoms with Crippen molar-refractivity contribution in [1.29, 1.82) is 0 Å². The first-order valence-electron chi connectivity index (χ1n) is 7.35. The molecule has 0 saturated heterocycles. The van der Waals surface area contributed by atoms with Gasteiger partial charge in [0.05, 0.1) is 10.6 Å². The van der Waals surface area contributed by atoms with E-state index in [0.29, 0.717) is 10.9 Å². The standard InChI is InChI=1S/C15H15N7O2S/c1-8-5-4-6-11(18-8)20-13-12(22(23)24)14(17-7-16-13)21-15-19-9(2)10(3)25-15/h4-7H,1-3H3,(H2,16,17,18,19,20,21). The van der Waals surface area contributed by atoms with Crippen LogP contribution in [0.15, 0.2) is 24.5 Å². The number of hydrogen-bond donors (Lipinski definition) is 2. The molecule has 3 aromatic heterocycles. The molecule has 0 aromatic carbocycles. The summed E-state index contributed by atoms with van der Waals surface area (Å²) in [5.74, 6) is 0.600. The smallest absolute Gasteiger partial charge is 0.319 e. The zero-order chi connectivity index (χ0) is 18.0. The van der Waals surface area contributed by atoms with Crippen LogP contribution in [0.25, 0.3) is 0 Å². The monoisotopic (exact) mass is 357 g/mol. The number of aromatic nitrogens is 4. The third kappa shape index (κ3) is 3.69. The van der Waals surface area contributed by atoms with Crippen molar-refractivity contribution >= 4 is 39.6 Å². The predicted molar refractivity (Wildman–Crippen MR) is 95.8 cm³/mol. The molecular formula is C15H15N7O2S. The average Bonchev–Trinajstić information content (AvgIpc) is 2.85. The fourth-order valence-electron chi connectivity index (χ4n) is 2.10. The molecule has 0 aliphatic heterocycles. The van der Waals surface area contributed by atoms with E-state index < -0.39 is 4.92 Å². The van der Waals surface area contributed by atoms with Crippen molar-refractivity contribution in [2.24, 2.45) is 0 Å². The van der Waals surface area contributed by atoms with Crippen molar-refractivity contribution in [3.63, 3.8) is 0 Å². The van der Waals surface area contributed by atoms with E-state index >= 15 is 0 Å². The molecule has 128 valence electrons.